The molecule has 0 bridgehead atoms. The summed E-state index contributed by atoms with van der Waals surface area (Å²) in [6.07, 6.45) is 0. The minimum absolute atomic E-state index is 0.144. The summed E-state index contributed by atoms with van der Waals surface area (Å²) in [7, 11) is 1.63. The first-order valence-corrected chi connectivity index (χ1v) is 6.22. The van der Waals surface area contributed by atoms with Gasteiger partial charge in [-0.1, -0.05) is 18.2 Å². The summed E-state index contributed by atoms with van der Waals surface area (Å²) < 4.78 is 19.2. The number of hydrogen-bond acceptors (Lipinski definition) is 3. The van der Waals surface area contributed by atoms with Crippen LogP contribution in [0.3, 0.4) is 0 Å². The van der Waals surface area contributed by atoms with Crippen molar-refractivity contribution in [3.05, 3.63) is 59.3 Å². The number of rotatable bonds is 5. The number of likely N-dealkylation sites (N-methyl/N-ethyl adjacent to an activating group) is 1. The van der Waals surface area contributed by atoms with Gasteiger partial charge in [0.2, 0.25) is 0 Å². The lowest BCUT2D eigenvalue weighted by molar-refractivity contribution is -0.143. The smallest absolute Gasteiger partial charge is 0.325 e. The molecular weight excluding hydrogens is 261 g/mol. The van der Waals surface area contributed by atoms with Crippen molar-refractivity contribution in [2.45, 2.75) is 19.5 Å². The standard InChI is InChI=1S/C15H16FNO3/c1-10-7-8-11(20-10)9-17(2)14(15(18)19)12-5-3-4-6-13(12)16/h3-8,14H,9H2,1-2H3,(H,18,19). The third kappa shape index (κ3) is 3.05. The molecule has 0 amide bonds. The molecule has 0 saturated heterocycles. The summed E-state index contributed by atoms with van der Waals surface area (Å²) >= 11 is 0. The van der Waals surface area contributed by atoms with Gasteiger partial charge in [-0.05, 0) is 32.2 Å². The largest absolute Gasteiger partial charge is 0.480 e. The quantitative estimate of drug-likeness (QED) is 0.912. The maximum absolute atomic E-state index is 13.8. The molecule has 1 atom stereocenters. The minimum atomic E-state index is -1.10. The van der Waals surface area contributed by atoms with Crippen molar-refractivity contribution >= 4 is 5.97 Å². The van der Waals surface area contributed by atoms with Gasteiger partial charge in [0.25, 0.3) is 0 Å². The van der Waals surface area contributed by atoms with Crippen LogP contribution >= 0.6 is 0 Å². The monoisotopic (exact) mass is 277 g/mol. The number of halogens is 1. The van der Waals surface area contributed by atoms with E-state index in [2.05, 4.69) is 0 Å². The van der Waals surface area contributed by atoms with Gasteiger partial charge in [0, 0.05) is 5.56 Å². The predicted octanol–water partition coefficient (Wildman–Crippen LogP) is 2.98. The molecule has 1 unspecified atom stereocenters. The Balaban J connectivity index is 2.25. The van der Waals surface area contributed by atoms with E-state index in [4.69, 9.17) is 4.42 Å². The molecule has 106 valence electrons. The van der Waals surface area contributed by atoms with E-state index in [1.807, 2.05) is 13.0 Å². The number of benzene rings is 1. The zero-order valence-electron chi connectivity index (χ0n) is 11.3. The van der Waals surface area contributed by atoms with Crippen molar-refractivity contribution in [2.24, 2.45) is 0 Å². The molecule has 1 aromatic carbocycles. The Hall–Kier alpha value is -2.14. The molecule has 4 nitrogen and oxygen atoms in total. The summed E-state index contributed by atoms with van der Waals surface area (Å²) in [5.41, 5.74) is 0.144. The maximum atomic E-state index is 13.8. The Morgan fingerprint density at radius 2 is 2.05 bits per heavy atom. The van der Waals surface area contributed by atoms with Gasteiger partial charge in [0.05, 0.1) is 6.54 Å². The van der Waals surface area contributed by atoms with E-state index in [9.17, 15) is 14.3 Å². The van der Waals surface area contributed by atoms with Crippen LogP contribution in [-0.2, 0) is 11.3 Å². The Bertz CT molecular complexity index is 609. The highest BCUT2D eigenvalue weighted by Gasteiger charge is 2.27. The normalized spacial score (nSPS) is 12.6. The number of aryl methyl sites for hydroxylation is 1. The second-order valence-electron chi connectivity index (χ2n) is 4.69. The molecule has 1 aromatic heterocycles. The molecule has 2 aromatic rings. The lowest BCUT2D eigenvalue weighted by Crippen LogP contribution is -2.31. The number of nitrogens with zero attached hydrogens (tertiary/aromatic N) is 1. The molecule has 0 radical (unpaired) electrons. The summed E-state index contributed by atoms with van der Waals surface area (Å²) in [4.78, 5) is 13.0. The first-order valence-electron chi connectivity index (χ1n) is 6.22. The molecule has 0 fully saturated rings. The topological polar surface area (TPSA) is 53.7 Å². The van der Waals surface area contributed by atoms with Gasteiger partial charge >= 0.3 is 5.97 Å². The number of carboxylic acid groups (broad SMARTS) is 1. The van der Waals surface area contributed by atoms with Crippen LogP contribution in [0.25, 0.3) is 0 Å². The molecule has 0 spiro atoms. The van der Waals surface area contributed by atoms with E-state index in [0.29, 0.717) is 12.3 Å². The van der Waals surface area contributed by atoms with Gasteiger partial charge < -0.3 is 9.52 Å². The Labute approximate surface area is 116 Å². The summed E-state index contributed by atoms with van der Waals surface area (Å²) in [6, 6.07) is 8.44. The van der Waals surface area contributed by atoms with Gasteiger partial charge in [0.1, 0.15) is 23.4 Å². The Morgan fingerprint density at radius 3 is 2.60 bits per heavy atom. The van der Waals surface area contributed by atoms with Gasteiger partial charge in [-0.25, -0.2) is 4.39 Å². The zero-order chi connectivity index (χ0) is 14.7. The SMILES string of the molecule is Cc1ccc(CN(C)C(C(=O)O)c2ccccc2F)o1. The van der Waals surface area contributed by atoms with Crippen LogP contribution in [0.4, 0.5) is 4.39 Å². The van der Waals surface area contributed by atoms with Crippen molar-refractivity contribution in [3.8, 4) is 0 Å². The molecule has 20 heavy (non-hydrogen) atoms. The number of furan rings is 1. The van der Waals surface area contributed by atoms with E-state index in [1.165, 1.54) is 18.2 Å². The summed E-state index contributed by atoms with van der Waals surface area (Å²) in [5.74, 6) is -0.220. The van der Waals surface area contributed by atoms with Crippen LogP contribution in [0.2, 0.25) is 0 Å². The van der Waals surface area contributed by atoms with E-state index >= 15 is 0 Å². The lowest BCUT2D eigenvalue weighted by Gasteiger charge is -2.24. The fraction of sp³-hybridized carbons (Fsp3) is 0.267. The summed E-state index contributed by atoms with van der Waals surface area (Å²) in [6.45, 7) is 2.11. The average Bonchev–Trinajstić information content (AvgIpc) is 2.77. The molecular formula is C15H16FNO3. The molecule has 0 aliphatic rings. The Kier molecular flexibility index (Phi) is 4.20. The molecule has 0 aliphatic carbocycles. The summed E-state index contributed by atoms with van der Waals surface area (Å²) in [5, 5.41) is 9.37. The van der Waals surface area contributed by atoms with Crippen molar-refractivity contribution in [1.82, 2.24) is 4.90 Å². The van der Waals surface area contributed by atoms with Crippen molar-refractivity contribution in [3.63, 3.8) is 0 Å². The third-order valence-corrected chi connectivity index (χ3v) is 3.08. The van der Waals surface area contributed by atoms with Crippen LogP contribution in [0.5, 0.6) is 0 Å². The van der Waals surface area contributed by atoms with Crippen LogP contribution < -0.4 is 0 Å². The number of aliphatic carboxylic acids is 1. The van der Waals surface area contributed by atoms with Crippen LogP contribution in [-0.4, -0.2) is 23.0 Å². The fourth-order valence-corrected chi connectivity index (χ4v) is 2.16. The Morgan fingerprint density at radius 1 is 1.35 bits per heavy atom. The third-order valence-electron chi connectivity index (χ3n) is 3.08. The highest BCUT2D eigenvalue weighted by Crippen LogP contribution is 2.24. The van der Waals surface area contributed by atoms with E-state index in [0.717, 1.165) is 5.76 Å². The van der Waals surface area contributed by atoms with Crippen molar-refractivity contribution in [1.29, 1.82) is 0 Å². The first-order chi connectivity index (χ1) is 9.49. The number of hydrogen-bond donors (Lipinski definition) is 1. The molecule has 2 rings (SSSR count). The highest BCUT2D eigenvalue weighted by atomic mass is 19.1. The number of carbonyl (C=O) groups is 1. The lowest BCUT2D eigenvalue weighted by atomic mass is 10.1. The minimum Gasteiger partial charge on any atom is -0.480 e. The van der Waals surface area contributed by atoms with Gasteiger partial charge in [-0.2, -0.15) is 0 Å². The van der Waals surface area contributed by atoms with Crippen molar-refractivity contribution < 1.29 is 18.7 Å². The predicted molar refractivity (Wildman–Crippen MR) is 71.7 cm³/mol. The second-order valence-corrected chi connectivity index (χ2v) is 4.69. The average molecular weight is 277 g/mol. The van der Waals surface area contributed by atoms with Crippen LogP contribution in [0.1, 0.15) is 23.1 Å². The van der Waals surface area contributed by atoms with Gasteiger partial charge in [-0.15, -0.1) is 0 Å². The molecule has 0 saturated carbocycles. The van der Waals surface area contributed by atoms with Gasteiger partial charge in [-0.3, -0.25) is 9.69 Å². The molecule has 5 heteroatoms. The van der Waals surface area contributed by atoms with Crippen molar-refractivity contribution in [2.75, 3.05) is 7.05 Å². The molecule has 0 aliphatic heterocycles. The van der Waals surface area contributed by atoms with E-state index < -0.39 is 17.8 Å². The van der Waals surface area contributed by atoms with E-state index in [-0.39, 0.29) is 5.56 Å². The van der Waals surface area contributed by atoms with Gasteiger partial charge in [0.15, 0.2) is 0 Å². The molecule has 1 N–H and O–H groups in total. The van der Waals surface area contributed by atoms with Crippen LogP contribution in [0.15, 0.2) is 40.8 Å². The zero-order valence-corrected chi connectivity index (χ0v) is 11.3. The van der Waals surface area contributed by atoms with E-state index in [1.54, 1.807) is 24.1 Å². The van der Waals surface area contributed by atoms with Crippen LogP contribution in [0, 0.1) is 12.7 Å². The highest BCUT2D eigenvalue weighted by molar-refractivity contribution is 5.75. The second kappa shape index (κ2) is 5.88. The first kappa shape index (κ1) is 14.3. The fourth-order valence-electron chi connectivity index (χ4n) is 2.16. The molecule has 1 heterocycles. The maximum Gasteiger partial charge on any atom is 0.325 e. The number of carboxylic acids is 1.